The van der Waals surface area contributed by atoms with Crippen LogP contribution in [0.4, 0.5) is 0 Å². The van der Waals surface area contributed by atoms with Gasteiger partial charge in [0.25, 0.3) is 0 Å². The van der Waals surface area contributed by atoms with E-state index in [0.29, 0.717) is 0 Å². The van der Waals surface area contributed by atoms with Gasteiger partial charge in [0.05, 0.1) is 6.54 Å². The van der Waals surface area contributed by atoms with Crippen LogP contribution in [0.2, 0.25) is 0 Å². The third-order valence-corrected chi connectivity index (χ3v) is 3.31. The number of carbonyl (C=O) groups is 1. The summed E-state index contributed by atoms with van der Waals surface area (Å²) in [6.45, 7) is 6.44. The van der Waals surface area contributed by atoms with E-state index in [1.807, 2.05) is 36.9 Å². The molecule has 0 aromatic rings. The molecule has 0 aliphatic carbocycles. The average molecular weight is 302 g/mol. The molecule has 108 valence electrons. The van der Waals surface area contributed by atoms with E-state index in [0.717, 1.165) is 36.1 Å². The lowest BCUT2D eigenvalue weighted by Crippen LogP contribution is -2.22. The number of allylic oxidation sites excluding steroid dienone is 1. The Morgan fingerprint density at radius 3 is 1.89 bits per heavy atom. The quantitative estimate of drug-likeness (QED) is 0.505. The number of hydrogen-bond acceptors (Lipinski definition) is 3. The van der Waals surface area contributed by atoms with E-state index >= 15 is 0 Å². The predicted molar refractivity (Wildman–Crippen MR) is 87.1 cm³/mol. The molecule has 2 aliphatic rings. The molecule has 0 saturated carbocycles. The van der Waals surface area contributed by atoms with Gasteiger partial charge in [-0.25, -0.2) is 0 Å². The summed E-state index contributed by atoms with van der Waals surface area (Å²) in [5.74, 6) is 0. The predicted octanol–water partition coefficient (Wildman–Crippen LogP) is 0.722. The molecule has 0 atom stereocenters. The Hall–Kier alpha value is -1.21. The summed E-state index contributed by atoms with van der Waals surface area (Å²) in [6, 6.07) is 0. The monoisotopic (exact) mass is 302 g/mol. The number of nitrogens with one attached hydrogen (secondary N) is 2. The molecule has 0 bridgehead atoms. The van der Waals surface area contributed by atoms with Gasteiger partial charge in [0, 0.05) is 32.9 Å². The van der Waals surface area contributed by atoms with Crippen LogP contribution in [0.25, 0.3) is 0 Å². The third kappa shape index (κ3) is 7.07. The number of likely N-dealkylation sites (N-methyl/N-ethyl adjacent to an activating group) is 2. The fraction of sp³-hybridized carbons (Fsp3) is 0.583. The molecule has 2 fully saturated rings. The van der Waals surface area contributed by atoms with Crippen molar-refractivity contribution in [1.29, 1.82) is 0 Å². The highest BCUT2D eigenvalue weighted by Crippen LogP contribution is 2.02. The van der Waals surface area contributed by atoms with Crippen LogP contribution in [-0.4, -0.2) is 60.0 Å². The first-order chi connectivity index (χ1) is 8.96. The summed E-state index contributed by atoms with van der Waals surface area (Å²) >= 11 is 9.82. The normalized spacial score (nSPS) is 19.1. The van der Waals surface area contributed by atoms with Gasteiger partial charge in [-0.3, -0.25) is 0 Å². The van der Waals surface area contributed by atoms with Gasteiger partial charge in [0.2, 0.25) is 0 Å². The summed E-state index contributed by atoms with van der Waals surface area (Å²) in [5, 5.41) is 7.80. The van der Waals surface area contributed by atoms with Gasteiger partial charge in [0.15, 0.2) is 10.2 Å². The van der Waals surface area contributed by atoms with Crippen LogP contribution in [0.1, 0.15) is 13.8 Å². The number of aldehydes is 1. The van der Waals surface area contributed by atoms with Gasteiger partial charge in [0.1, 0.15) is 6.29 Å². The zero-order chi connectivity index (χ0) is 14.8. The van der Waals surface area contributed by atoms with Crippen LogP contribution in [0.5, 0.6) is 0 Å². The zero-order valence-corrected chi connectivity index (χ0v) is 13.5. The highest BCUT2D eigenvalue weighted by atomic mass is 32.1. The average Bonchev–Trinajstić information content (AvgIpc) is 2.89. The van der Waals surface area contributed by atoms with Crippen LogP contribution in [-0.2, 0) is 4.79 Å². The second-order valence-corrected chi connectivity index (χ2v) is 4.76. The summed E-state index contributed by atoms with van der Waals surface area (Å²) in [5.41, 5.74) is 1.20. The SMILES string of the molecule is C/C=C1/CN(C)C(=S)N1.CC=O.CN1CCNC1=S. The van der Waals surface area contributed by atoms with Crippen molar-refractivity contribution in [2.75, 3.05) is 33.7 Å². The van der Waals surface area contributed by atoms with Crippen molar-refractivity contribution in [3.05, 3.63) is 11.8 Å². The number of rotatable bonds is 0. The van der Waals surface area contributed by atoms with Gasteiger partial charge >= 0.3 is 0 Å². The standard InChI is InChI=1S/C6H10N2S.C4H8N2S.C2H4O/c1-3-5-4-8(2)6(9)7-5;1-6-3-2-5-4(6)7;1-2-3/h3H,4H2,1-2H3,(H,7,9);2-3H2,1H3,(H,5,7);2H,1H3/b5-3-;;. The molecule has 0 amide bonds. The third-order valence-electron chi connectivity index (χ3n) is 2.44. The molecular formula is C12H22N4OS2. The molecule has 2 N–H and O–H groups in total. The van der Waals surface area contributed by atoms with Crippen molar-refractivity contribution >= 4 is 40.9 Å². The Morgan fingerprint density at radius 1 is 1.16 bits per heavy atom. The first kappa shape index (κ1) is 17.8. The van der Waals surface area contributed by atoms with E-state index in [9.17, 15) is 0 Å². The Balaban J connectivity index is 0.000000289. The highest BCUT2D eigenvalue weighted by molar-refractivity contribution is 7.80. The zero-order valence-electron chi connectivity index (χ0n) is 11.9. The number of carbonyl (C=O) groups excluding carboxylic acids is 1. The second-order valence-electron chi connectivity index (χ2n) is 3.99. The van der Waals surface area contributed by atoms with Crippen LogP contribution >= 0.6 is 24.4 Å². The largest absolute Gasteiger partial charge is 0.361 e. The number of hydrogen-bond donors (Lipinski definition) is 2. The van der Waals surface area contributed by atoms with Gasteiger partial charge in [-0.2, -0.15) is 0 Å². The summed E-state index contributed by atoms with van der Waals surface area (Å²) < 4.78 is 0. The molecule has 0 radical (unpaired) electrons. The summed E-state index contributed by atoms with van der Waals surface area (Å²) in [4.78, 5) is 12.8. The molecular weight excluding hydrogens is 280 g/mol. The molecule has 0 spiro atoms. The topological polar surface area (TPSA) is 47.6 Å². The highest BCUT2D eigenvalue weighted by Gasteiger charge is 2.14. The van der Waals surface area contributed by atoms with Crippen LogP contribution in [0, 0.1) is 0 Å². The van der Waals surface area contributed by atoms with E-state index < -0.39 is 0 Å². The summed E-state index contributed by atoms with van der Waals surface area (Å²) in [6.07, 6.45) is 2.79. The maximum Gasteiger partial charge on any atom is 0.173 e. The molecule has 7 heteroatoms. The summed E-state index contributed by atoms with van der Waals surface area (Å²) in [7, 11) is 3.97. The van der Waals surface area contributed by atoms with Gasteiger partial charge < -0.3 is 25.2 Å². The molecule has 0 aromatic carbocycles. The lowest BCUT2D eigenvalue weighted by Gasteiger charge is -2.05. The van der Waals surface area contributed by atoms with Crippen molar-refractivity contribution in [3.8, 4) is 0 Å². The first-order valence-corrected chi connectivity index (χ1v) is 6.84. The van der Waals surface area contributed by atoms with Crippen molar-refractivity contribution in [2.24, 2.45) is 0 Å². The fourth-order valence-electron chi connectivity index (χ4n) is 1.33. The van der Waals surface area contributed by atoms with E-state index in [1.165, 1.54) is 12.6 Å². The minimum Gasteiger partial charge on any atom is -0.361 e. The Bertz CT molecular complexity index is 358. The van der Waals surface area contributed by atoms with Crippen molar-refractivity contribution in [2.45, 2.75) is 13.8 Å². The van der Waals surface area contributed by atoms with E-state index in [1.54, 1.807) is 0 Å². The molecule has 19 heavy (non-hydrogen) atoms. The Morgan fingerprint density at radius 2 is 1.74 bits per heavy atom. The molecule has 2 saturated heterocycles. The lowest BCUT2D eigenvalue weighted by molar-refractivity contribution is -0.106. The van der Waals surface area contributed by atoms with Crippen LogP contribution in [0.15, 0.2) is 11.8 Å². The Labute approximate surface area is 126 Å². The number of thiocarbonyl (C=S) groups is 2. The van der Waals surface area contributed by atoms with Crippen molar-refractivity contribution < 1.29 is 4.79 Å². The van der Waals surface area contributed by atoms with Crippen molar-refractivity contribution in [3.63, 3.8) is 0 Å². The first-order valence-electron chi connectivity index (χ1n) is 6.02. The van der Waals surface area contributed by atoms with Gasteiger partial charge in [-0.1, -0.05) is 6.08 Å². The molecule has 2 aliphatic heterocycles. The minimum atomic E-state index is 0.750. The molecule has 2 heterocycles. The maximum atomic E-state index is 8.81. The van der Waals surface area contributed by atoms with E-state index in [4.69, 9.17) is 29.2 Å². The maximum absolute atomic E-state index is 8.81. The Kier molecular flexibility index (Phi) is 9.07. The van der Waals surface area contributed by atoms with Crippen molar-refractivity contribution in [1.82, 2.24) is 20.4 Å². The van der Waals surface area contributed by atoms with Crippen LogP contribution < -0.4 is 10.6 Å². The van der Waals surface area contributed by atoms with Crippen LogP contribution in [0.3, 0.4) is 0 Å². The van der Waals surface area contributed by atoms with Gasteiger partial charge in [-0.05, 0) is 38.3 Å². The molecule has 0 unspecified atom stereocenters. The van der Waals surface area contributed by atoms with E-state index in [-0.39, 0.29) is 0 Å². The smallest absolute Gasteiger partial charge is 0.173 e. The minimum absolute atomic E-state index is 0.750. The van der Waals surface area contributed by atoms with E-state index in [2.05, 4.69) is 10.6 Å². The second kappa shape index (κ2) is 9.69. The van der Waals surface area contributed by atoms with Gasteiger partial charge in [-0.15, -0.1) is 0 Å². The number of nitrogens with zero attached hydrogens (tertiary/aromatic N) is 2. The molecule has 5 nitrogen and oxygen atoms in total. The lowest BCUT2D eigenvalue weighted by atomic mass is 10.4. The molecule has 0 aromatic heterocycles. The fourth-order valence-corrected chi connectivity index (χ4v) is 1.72. The molecule has 2 rings (SSSR count).